The van der Waals surface area contributed by atoms with Gasteiger partial charge in [0.15, 0.2) is 5.65 Å². The Morgan fingerprint density at radius 3 is 2.86 bits per heavy atom. The molecule has 1 amide bonds. The number of nitrogens with one attached hydrogen (secondary N) is 1. The molecule has 1 atom stereocenters. The van der Waals surface area contributed by atoms with Gasteiger partial charge in [0.25, 0.3) is 0 Å². The van der Waals surface area contributed by atoms with Gasteiger partial charge in [-0.15, -0.1) is 0 Å². The number of rotatable bonds is 4. The summed E-state index contributed by atoms with van der Waals surface area (Å²) >= 11 is 0. The summed E-state index contributed by atoms with van der Waals surface area (Å²) in [6.45, 7) is 2.09. The highest BCUT2D eigenvalue weighted by Gasteiger charge is 2.14. The van der Waals surface area contributed by atoms with Crippen molar-refractivity contribution in [2.24, 2.45) is 0 Å². The molecule has 3 aromatic rings. The van der Waals surface area contributed by atoms with Gasteiger partial charge in [-0.3, -0.25) is 0 Å². The molecule has 1 aromatic carbocycles. The summed E-state index contributed by atoms with van der Waals surface area (Å²) < 4.78 is 6.86. The SMILES string of the molecule is CC(NC(=O)OCc1ccccc1)c1cn2ncccc2n1. The van der Waals surface area contributed by atoms with Crippen LogP contribution in [0.1, 0.15) is 24.2 Å². The third-order valence-corrected chi connectivity index (χ3v) is 3.25. The zero-order valence-corrected chi connectivity index (χ0v) is 12.1. The Morgan fingerprint density at radius 1 is 1.27 bits per heavy atom. The summed E-state index contributed by atoms with van der Waals surface area (Å²) in [5, 5.41) is 6.91. The van der Waals surface area contributed by atoms with Gasteiger partial charge in [-0.05, 0) is 24.6 Å². The summed E-state index contributed by atoms with van der Waals surface area (Å²) in [5.74, 6) is 0. The van der Waals surface area contributed by atoms with Crippen molar-refractivity contribution in [3.05, 3.63) is 66.1 Å². The number of amides is 1. The van der Waals surface area contributed by atoms with E-state index in [4.69, 9.17) is 4.74 Å². The van der Waals surface area contributed by atoms with Gasteiger partial charge in [-0.2, -0.15) is 5.10 Å². The Morgan fingerprint density at radius 2 is 2.09 bits per heavy atom. The minimum Gasteiger partial charge on any atom is -0.445 e. The van der Waals surface area contributed by atoms with Gasteiger partial charge in [0, 0.05) is 6.20 Å². The summed E-state index contributed by atoms with van der Waals surface area (Å²) in [7, 11) is 0. The van der Waals surface area contributed by atoms with E-state index in [9.17, 15) is 4.79 Å². The molecule has 6 nitrogen and oxygen atoms in total. The molecule has 0 aliphatic heterocycles. The van der Waals surface area contributed by atoms with Gasteiger partial charge in [0.2, 0.25) is 0 Å². The first-order chi connectivity index (χ1) is 10.7. The fraction of sp³-hybridized carbons (Fsp3) is 0.188. The zero-order chi connectivity index (χ0) is 15.4. The Bertz CT molecular complexity index is 737. The first-order valence-electron chi connectivity index (χ1n) is 7.00. The highest BCUT2D eigenvalue weighted by atomic mass is 16.5. The molecule has 3 rings (SSSR count). The van der Waals surface area contributed by atoms with Crippen LogP contribution in [0.4, 0.5) is 4.79 Å². The van der Waals surface area contributed by atoms with E-state index >= 15 is 0 Å². The maximum atomic E-state index is 11.8. The maximum absolute atomic E-state index is 11.8. The predicted molar refractivity (Wildman–Crippen MR) is 81.2 cm³/mol. The fourth-order valence-corrected chi connectivity index (χ4v) is 2.07. The molecule has 0 saturated carbocycles. The maximum Gasteiger partial charge on any atom is 0.407 e. The first kappa shape index (κ1) is 14.1. The van der Waals surface area contributed by atoms with Crippen LogP contribution in [0.15, 0.2) is 54.9 Å². The molecule has 0 aliphatic rings. The van der Waals surface area contributed by atoms with E-state index in [0.29, 0.717) is 0 Å². The van der Waals surface area contributed by atoms with E-state index in [-0.39, 0.29) is 12.6 Å². The monoisotopic (exact) mass is 296 g/mol. The summed E-state index contributed by atoms with van der Waals surface area (Å²) in [5.41, 5.74) is 2.42. The van der Waals surface area contributed by atoms with Crippen LogP contribution in [0, 0.1) is 0 Å². The van der Waals surface area contributed by atoms with Crippen molar-refractivity contribution in [2.75, 3.05) is 0 Å². The Kier molecular flexibility index (Phi) is 4.00. The molecule has 0 fully saturated rings. The number of carbonyl (C=O) groups excluding carboxylic acids is 1. The molecule has 0 radical (unpaired) electrons. The largest absolute Gasteiger partial charge is 0.445 e. The summed E-state index contributed by atoms with van der Waals surface area (Å²) in [4.78, 5) is 16.2. The van der Waals surface area contributed by atoms with Crippen LogP contribution in [0.25, 0.3) is 5.65 Å². The van der Waals surface area contributed by atoms with Gasteiger partial charge >= 0.3 is 6.09 Å². The van der Waals surface area contributed by atoms with Crippen LogP contribution in [0.3, 0.4) is 0 Å². The van der Waals surface area contributed by atoms with Crippen LogP contribution in [0.5, 0.6) is 0 Å². The van der Waals surface area contributed by atoms with Crippen LogP contribution in [-0.4, -0.2) is 20.7 Å². The van der Waals surface area contributed by atoms with E-state index in [2.05, 4.69) is 15.4 Å². The Balaban J connectivity index is 1.58. The van der Waals surface area contributed by atoms with Crippen LogP contribution in [0.2, 0.25) is 0 Å². The van der Waals surface area contributed by atoms with E-state index in [1.807, 2.05) is 49.4 Å². The molecule has 2 heterocycles. The molecule has 0 spiro atoms. The number of fused-ring (bicyclic) bond motifs is 1. The second kappa shape index (κ2) is 6.26. The Hall–Kier alpha value is -2.89. The second-order valence-electron chi connectivity index (χ2n) is 4.92. The number of alkyl carbamates (subject to hydrolysis) is 1. The van der Waals surface area contributed by atoms with Gasteiger partial charge in [0.1, 0.15) is 6.61 Å². The third-order valence-electron chi connectivity index (χ3n) is 3.25. The molecule has 112 valence electrons. The van der Waals surface area contributed by atoms with Crippen LogP contribution >= 0.6 is 0 Å². The molecule has 1 N–H and O–H groups in total. The van der Waals surface area contributed by atoms with Crippen LogP contribution < -0.4 is 5.32 Å². The smallest absolute Gasteiger partial charge is 0.407 e. The number of hydrogen-bond donors (Lipinski definition) is 1. The van der Waals surface area contributed by atoms with E-state index in [0.717, 1.165) is 16.9 Å². The lowest BCUT2D eigenvalue weighted by Gasteiger charge is -2.11. The van der Waals surface area contributed by atoms with Crippen molar-refractivity contribution in [2.45, 2.75) is 19.6 Å². The van der Waals surface area contributed by atoms with Crippen molar-refractivity contribution >= 4 is 11.7 Å². The normalized spacial score (nSPS) is 12.0. The average Bonchev–Trinajstić information content (AvgIpc) is 2.98. The van der Waals surface area contributed by atoms with Crippen molar-refractivity contribution in [3.63, 3.8) is 0 Å². The molecule has 0 aliphatic carbocycles. The van der Waals surface area contributed by atoms with Crippen LogP contribution in [-0.2, 0) is 11.3 Å². The molecule has 0 saturated heterocycles. The van der Waals surface area contributed by atoms with E-state index < -0.39 is 6.09 Å². The predicted octanol–water partition coefficient (Wildman–Crippen LogP) is 2.72. The number of ether oxygens (including phenoxy) is 1. The second-order valence-corrected chi connectivity index (χ2v) is 4.92. The third kappa shape index (κ3) is 3.22. The minimum atomic E-state index is -0.471. The number of hydrogen-bond acceptors (Lipinski definition) is 4. The molecule has 0 bridgehead atoms. The summed E-state index contributed by atoms with van der Waals surface area (Å²) in [6, 6.07) is 13.0. The minimum absolute atomic E-state index is 0.242. The van der Waals surface area contributed by atoms with Crippen molar-refractivity contribution in [1.29, 1.82) is 0 Å². The highest BCUT2D eigenvalue weighted by molar-refractivity contribution is 5.67. The van der Waals surface area contributed by atoms with Gasteiger partial charge < -0.3 is 10.1 Å². The van der Waals surface area contributed by atoms with Gasteiger partial charge in [-0.1, -0.05) is 30.3 Å². The first-order valence-corrected chi connectivity index (χ1v) is 7.00. The zero-order valence-electron chi connectivity index (χ0n) is 12.1. The van der Waals surface area contributed by atoms with E-state index in [1.165, 1.54) is 0 Å². The topological polar surface area (TPSA) is 68.5 Å². The highest BCUT2D eigenvalue weighted by Crippen LogP contribution is 2.12. The van der Waals surface area contributed by atoms with E-state index in [1.54, 1.807) is 16.9 Å². The van der Waals surface area contributed by atoms with Crippen molar-refractivity contribution in [3.8, 4) is 0 Å². The lowest BCUT2D eigenvalue weighted by Crippen LogP contribution is -2.27. The molecule has 6 heteroatoms. The number of aromatic nitrogens is 3. The average molecular weight is 296 g/mol. The molecular weight excluding hydrogens is 280 g/mol. The molecule has 2 aromatic heterocycles. The molecule has 22 heavy (non-hydrogen) atoms. The number of imidazole rings is 1. The molecule has 1 unspecified atom stereocenters. The lowest BCUT2D eigenvalue weighted by molar-refractivity contribution is 0.136. The fourth-order valence-electron chi connectivity index (χ4n) is 2.07. The standard InChI is InChI=1S/C16H16N4O2/c1-12(14-10-20-15(19-14)8-5-9-17-20)18-16(21)22-11-13-6-3-2-4-7-13/h2-10,12H,11H2,1H3,(H,18,21). The number of benzene rings is 1. The number of carbonyl (C=O) groups is 1. The molecular formula is C16H16N4O2. The van der Waals surface area contributed by atoms with Crippen molar-refractivity contribution < 1.29 is 9.53 Å². The lowest BCUT2D eigenvalue weighted by atomic mass is 10.2. The Labute approximate surface area is 127 Å². The summed E-state index contributed by atoms with van der Waals surface area (Å²) in [6.07, 6.45) is 3.00. The van der Waals surface area contributed by atoms with Gasteiger partial charge in [-0.25, -0.2) is 14.3 Å². The number of nitrogens with zero attached hydrogens (tertiary/aromatic N) is 3. The quantitative estimate of drug-likeness (QED) is 0.803. The van der Waals surface area contributed by atoms with Gasteiger partial charge in [0.05, 0.1) is 17.9 Å². The van der Waals surface area contributed by atoms with Crippen molar-refractivity contribution in [1.82, 2.24) is 19.9 Å².